The van der Waals surface area contributed by atoms with E-state index in [0.717, 1.165) is 0 Å². The molecular weight excluding hydrogens is 254 g/mol. The van der Waals surface area contributed by atoms with E-state index in [2.05, 4.69) is 0 Å². The molecule has 0 bridgehead atoms. The lowest BCUT2D eigenvalue weighted by Gasteiger charge is -2.35. The minimum atomic E-state index is -1.07. The first kappa shape index (κ1) is 14.8. The van der Waals surface area contributed by atoms with E-state index in [9.17, 15) is 15.0 Å². The topological polar surface area (TPSA) is 60.8 Å². The Bertz CT molecular complexity index is 420. The Morgan fingerprint density at radius 3 is 2.22 bits per heavy atom. The predicted octanol–water partition coefficient (Wildman–Crippen LogP) is 3.15. The van der Waals surface area contributed by atoms with Crippen molar-refractivity contribution in [2.45, 2.75) is 39.0 Å². The zero-order valence-electron chi connectivity index (χ0n) is 10.7. The van der Waals surface area contributed by atoms with Crippen LogP contribution < -0.4 is 0 Å². The molecule has 0 fully saturated rings. The monoisotopic (exact) mass is 271 g/mol. The van der Waals surface area contributed by atoms with Gasteiger partial charge in [0.1, 0.15) is 0 Å². The normalized spacial score (nSPS) is 14.3. The van der Waals surface area contributed by atoms with E-state index >= 15 is 0 Å². The van der Waals surface area contributed by atoms with Crippen LogP contribution in [0.4, 0.5) is 4.79 Å². The van der Waals surface area contributed by atoms with Gasteiger partial charge in [-0.1, -0.05) is 29.8 Å². The molecule has 2 N–H and O–H groups in total. The summed E-state index contributed by atoms with van der Waals surface area (Å²) in [6, 6.07) is 6.04. The lowest BCUT2D eigenvalue weighted by atomic mass is 9.99. The van der Waals surface area contributed by atoms with Crippen molar-refractivity contribution in [1.82, 2.24) is 4.90 Å². The number of carbonyl (C=O) groups is 1. The minimum Gasteiger partial charge on any atom is -0.465 e. The third-order valence-electron chi connectivity index (χ3n) is 2.76. The third-order valence-corrected chi connectivity index (χ3v) is 3.10. The van der Waals surface area contributed by atoms with Gasteiger partial charge in [-0.3, -0.25) is 4.90 Å². The van der Waals surface area contributed by atoms with Gasteiger partial charge in [-0.25, -0.2) is 4.79 Å². The molecule has 0 saturated carbocycles. The number of nitrogens with zero attached hydrogens (tertiary/aromatic N) is 1. The second-order valence-electron chi connectivity index (χ2n) is 4.49. The minimum absolute atomic E-state index is 0.252. The van der Waals surface area contributed by atoms with Crippen LogP contribution in [0.1, 0.15) is 32.4 Å². The number of aliphatic hydroxyl groups excluding tert-OH is 1. The standard InChI is InChI=1S/C13H18ClNO3/c1-8(2)15(13(17)18)12(9(3)16)10-6-4-5-7-11(10)14/h4-9,12,16H,1-3H3,(H,17,18). The Morgan fingerprint density at radius 2 is 1.83 bits per heavy atom. The summed E-state index contributed by atoms with van der Waals surface area (Å²) < 4.78 is 0. The first-order valence-corrected chi connectivity index (χ1v) is 6.17. The van der Waals surface area contributed by atoms with Crippen molar-refractivity contribution in [2.75, 3.05) is 0 Å². The number of rotatable bonds is 4. The summed E-state index contributed by atoms with van der Waals surface area (Å²) in [5.74, 6) is 0. The van der Waals surface area contributed by atoms with Crippen molar-refractivity contribution in [3.63, 3.8) is 0 Å². The van der Waals surface area contributed by atoms with Crippen LogP contribution in [0.15, 0.2) is 24.3 Å². The molecule has 0 aliphatic rings. The fourth-order valence-electron chi connectivity index (χ4n) is 2.02. The average molecular weight is 272 g/mol. The number of benzene rings is 1. The van der Waals surface area contributed by atoms with Gasteiger partial charge < -0.3 is 10.2 Å². The molecular formula is C13H18ClNO3. The molecule has 0 aromatic heterocycles. The lowest BCUT2D eigenvalue weighted by molar-refractivity contribution is 0.0419. The highest BCUT2D eigenvalue weighted by atomic mass is 35.5. The van der Waals surface area contributed by atoms with Crippen molar-refractivity contribution in [2.24, 2.45) is 0 Å². The van der Waals surface area contributed by atoms with E-state index < -0.39 is 18.2 Å². The van der Waals surface area contributed by atoms with Crippen molar-refractivity contribution in [1.29, 1.82) is 0 Å². The Balaban J connectivity index is 3.25. The predicted molar refractivity (Wildman–Crippen MR) is 70.9 cm³/mol. The van der Waals surface area contributed by atoms with Gasteiger partial charge in [0, 0.05) is 11.1 Å². The molecule has 0 radical (unpaired) electrons. The SMILES string of the molecule is CC(O)C(c1ccccc1Cl)N(C(=O)O)C(C)C. The molecule has 1 aromatic rings. The van der Waals surface area contributed by atoms with Gasteiger partial charge >= 0.3 is 6.09 Å². The summed E-state index contributed by atoms with van der Waals surface area (Å²) in [6.07, 6.45) is -1.92. The van der Waals surface area contributed by atoms with Crippen molar-refractivity contribution >= 4 is 17.7 Å². The van der Waals surface area contributed by atoms with Gasteiger partial charge in [-0.15, -0.1) is 0 Å². The van der Waals surface area contributed by atoms with Gasteiger partial charge in [-0.2, -0.15) is 0 Å². The molecule has 1 rings (SSSR count). The largest absolute Gasteiger partial charge is 0.465 e. The molecule has 0 heterocycles. The highest BCUT2D eigenvalue weighted by molar-refractivity contribution is 6.31. The van der Waals surface area contributed by atoms with Crippen LogP contribution in [0.25, 0.3) is 0 Å². The van der Waals surface area contributed by atoms with Crippen LogP contribution in [-0.2, 0) is 0 Å². The maximum absolute atomic E-state index is 11.3. The first-order valence-electron chi connectivity index (χ1n) is 5.80. The third kappa shape index (κ3) is 3.15. The molecule has 0 saturated heterocycles. The molecule has 0 aliphatic heterocycles. The molecule has 2 unspecified atom stereocenters. The molecule has 2 atom stereocenters. The average Bonchev–Trinajstić information content (AvgIpc) is 2.25. The Kier molecular flexibility index (Phi) is 4.99. The summed E-state index contributed by atoms with van der Waals surface area (Å²) in [5, 5.41) is 19.6. The van der Waals surface area contributed by atoms with Crippen molar-refractivity contribution in [3.05, 3.63) is 34.9 Å². The van der Waals surface area contributed by atoms with Crippen LogP contribution in [0, 0.1) is 0 Å². The van der Waals surface area contributed by atoms with Crippen molar-refractivity contribution in [3.8, 4) is 0 Å². The van der Waals surface area contributed by atoms with Crippen LogP contribution in [-0.4, -0.2) is 33.4 Å². The summed E-state index contributed by atoms with van der Waals surface area (Å²) in [6.45, 7) is 5.09. The molecule has 18 heavy (non-hydrogen) atoms. The molecule has 4 nitrogen and oxygen atoms in total. The maximum atomic E-state index is 11.3. The van der Waals surface area contributed by atoms with Gasteiger partial charge in [0.05, 0.1) is 12.1 Å². The molecule has 1 amide bonds. The van der Waals surface area contributed by atoms with Gasteiger partial charge in [0.25, 0.3) is 0 Å². The number of carboxylic acid groups (broad SMARTS) is 1. The van der Waals surface area contributed by atoms with Gasteiger partial charge in [0.2, 0.25) is 0 Å². The van der Waals surface area contributed by atoms with E-state index in [1.54, 1.807) is 45.0 Å². The fourth-order valence-corrected chi connectivity index (χ4v) is 2.27. The van der Waals surface area contributed by atoms with Crippen LogP contribution in [0.3, 0.4) is 0 Å². The number of hydrogen-bond acceptors (Lipinski definition) is 2. The molecule has 0 aliphatic carbocycles. The molecule has 100 valence electrons. The molecule has 1 aromatic carbocycles. The first-order chi connectivity index (χ1) is 8.36. The molecule has 5 heteroatoms. The summed E-state index contributed by atoms with van der Waals surface area (Å²) >= 11 is 6.09. The van der Waals surface area contributed by atoms with Gasteiger partial charge in [-0.05, 0) is 32.4 Å². The van der Waals surface area contributed by atoms with Gasteiger partial charge in [0.15, 0.2) is 0 Å². The fraction of sp³-hybridized carbons (Fsp3) is 0.462. The Labute approximate surface area is 112 Å². The highest BCUT2D eigenvalue weighted by Crippen LogP contribution is 2.31. The zero-order valence-corrected chi connectivity index (χ0v) is 11.4. The Hall–Kier alpha value is -1.26. The summed E-state index contributed by atoms with van der Waals surface area (Å²) in [7, 11) is 0. The second kappa shape index (κ2) is 6.07. The summed E-state index contributed by atoms with van der Waals surface area (Å²) in [4.78, 5) is 12.6. The van der Waals surface area contributed by atoms with E-state index in [4.69, 9.17) is 11.6 Å². The number of halogens is 1. The maximum Gasteiger partial charge on any atom is 0.408 e. The number of hydrogen-bond donors (Lipinski definition) is 2. The van der Waals surface area contributed by atoms with E-state index in [1.165, 1.54) is 4.90 Å². The van der Waals surface area contributed by atoms with Crippen LogP contribution in [0.5, 0.6) is 0 Å². The molecule has 0 spiro atoms. The lowest BCUT2D eigenvalue weighted by Crippen LogP contribution is -2.43. The Morgan fingerprint density at radius 1 is 1.28 bits per heavy atom. The van der Waals surface area contributed by atoms with E-state index in [1.807, 2.05) is 0 Å². The van der Waals surface area contributed by atoms with Crippen LogP contribution >= 0.6 is 11.6 Å². The second-order valence-corrected chi connectivity index (χ2v) is 4.90. The summed E-state index contributed by atoms with van der Waals surface area (Å²) in [5.41, 5.74) is 0.616. The van der Waals surface area contributed by atoms with Crippen LogP contribution in [0.2, 0.25) is 5.02 Å². The quantitative estimate of drug-likeness (QED) is 0.884. The zero-order chi connectivity index (χ0) is 13.9. The van der Waals surface area contributed by atoms with E-state index in [-0.39, 0.29) is 6.04 Å². The number of aliphatic hydroxyl groups is 1. The number of amides is 1. The van der Waals surface area contributed by atoms with Crippen molar-refractivity contribution < 1.29 is 15.0 Å². The van der Waals surface area contributed by atoms with E-state index in [0.29, 0.717) is 10.6 Å². The smallest absolute Gasteiger partial charge is 0.408 e. The highest BCUT2D eigenvalue weighted by Gasteiger charge is 2.32.